The summed E-state index contributed by atoms with van der Waals surface area (Å²) in [4.78, 5) is 11.7. The highest BCUT2D eigenvalue weighted by atomic mass is 32.1. The number of hydrogen-bond donors (Lipinski definition) is 3. The zero-order valence-corrected chi connectivity index (χ0v) is 15.0. The first-order valence-corrected chi connectivity index (χ1v) is 9.30. The van der Waals surface area contributed by atoms with Gasteiger partial charge >= 0.3 is 6.09 Å². The van der Waals surface area contributed by atoms with Crippen LogP contribution in [0.3, 0.4) is 0 Å². The second kappa shape index (κ2) is 8.80. The molecule has 0 aliphatic carbocycles. The number of carbonyl (C=O) groups is 1. The van der Waals surface area contributed by atoms with E-state index in [4.69, 9.17) is 4.74 Å². The molecule has 0 spiro atoms. The maximum absolute atomic E-state index is 11.7. The van der Waals surface area contributed by atoms with Gasteiger partial charge in [-0.3, -0.25) is 0 Å². The fraction of sp³-hybridized carbons (Fsp3) is 0.250. The first-order chi connectivity index (χ1) is 12.6. The Morgan fingerprint density at radius 3 is 2.69 bits per heavy atom. The van der Waals surface area contributed by atoms with Gasteiger partial charge in [-0.05, 0) is 28.8 Å². The molecule has 1 heterocycles. The fourth-order valence-corrected chi connectivity index (χ4v) is 3.66. The molecule has 1 amide bonds. The Morgan fingerprint density at radius 1 is 1.08 bits per heavy atom. The first kappa shape index (κ1) is 18.4. The predicted molar refractivity (Wildman–Crippen MR) is 102 cm³/mol. The smallest absolute Gasteiger partial charge is 0.407 e. The number of ether oxygens (including phenoxy) is 1. The molecule has 3 aromatic rings. The van der Waals surface area contributed by atoms with Crippen LogP contribution in [-0.2, 0) is 11.3 Å². The second-order valence-corrected chi connectivity index (χ2v) is 6.89. The van der Waals surface area contributed by atoms with E-state index in [2.05, 4.69) is 5.32 Å². The van der Waals surface area contributed by atoms with E-state index in [0.717, 1.165) is 15.6 Å². The van der Waals surface area contributed by atoms with Gasteiger partial charge < -0.3 is 20.3 Å². The standard InChI is InChI=1S/C20H21NO4S/c22-17(18(23)16-8-4-7-15-10-12-26-19(15)16)9-11-21-20(24)25-13-14-5-2-1-3-6-14/h1-8,10,12,17-18,22-23H,9,11,13H2,(H,21,24). The van der Waals surface area contributed by atoms with Crippen molar-refractivity contribution in [3.05, 3.63) is 71.1 Å². The van der Waals surface area contributed by atoms with Crippen LogP contribution in [0.2, 0.25) is 0 Å². The van der Waals surface area contributed by atoms with Crippen molar-refractivity contribution in [3.8, 4) is 0 Å². The van der Waals surface area contributed by atoms with E-state index >= 15 is 0 Å². The lowest BCUT2D eigenvalue weighted by Crippen LogP contribution is -2.29. The van der Waals surface area contributed by atoms with Crippen LogP contribution in [0.1, 0.15) is 23.7 Å². The van der Waals surface area contributed by atoms with Crippen LogP contribution in [-0.4, -0.2) is 29.0 Å². The van der Waals surface area contributed by atoms with E-state index in [1.54, 1.807) is 0 Å². The van der Waals surface area contributed by atoms with Crippen molar-refractivity contribution in [2.24, 2.45) is 0 Å². The Labute approximate surface area is 155 Å². The van der Waals surface area contributed by atoms with Gasteiger partial charge in [0.15, 0.2) is 0 Å². The van der Waals surface area contributed by atoms with Crippen molar-refractivity contribution < 1.29 is 19.7 Å². The average molecular weight is 371 g/mol. The summed E-state index contributed by atoms with van der Waals surface area (Å²) >= 11 is 1.53. The number of alkyl carbamates (subject to hydrolysis) is 1. The summed E-state index contributed by atoms with van der Waals surface area (Å²) in [5, 5.41) is 26.3. The van der Waals surface area contributed by atoms with Crippen molar-refractivity contribution in [2.75, 3.05) is 6.54 Å². The molecule has 0 aliphatic heterocycles. The van der Waals surface area contributed by atoms with E-state index in [0.29, 0.717) is 5.56 Å². The molecule has 26 heavy (non-hydrogen) atoms. The summed E-state index contributed by atoms with van der Waals surface area (Å²) in [6.07, 6.45) is -2.30. The SMILES string of the molecule is O=C(NCCC(O)C(O)c1cccc2ccsc12)OCc1ccccc1. The summed E-state index contributed by atoms with van der Waals surface area (Å²) in [6.45, 7) is 0.407. The van der Waals surface area contributed by atoms with Gasteiger partial charge in [-0.25, -0.2) is 4.79 Å². The van der Waals surface area contributed by atoms with Gasteiger partial charge in [-0.1, -0.05) is 48.5 Å². The lowest BCUT2D eigenvalue weighted by atomic mass is 10.0. The predicted octanol–water partition coefficient (Wildman–Crippen LogP) is 3.61. The van der Waals surface area contributed by atoms with E-state index in [1.807, 2.05) is 60.0 Å². The maximum atomic E-state index is 11.7. The van der Waals surface area contributed by atoms with Gasteiger partial charge in [0.2, 0.25) is 0 Å². The normalized spacial score (nSPS) is 13.3. The molecular weight excluding hydrogens is 350 g/mol. The van der Waals surface area contributed by atoms with E-state index < -0.39 is 18.3 Å². The molecule has 0 radical (unpaired) electrons. The van der Waals surface area contributed by atoms with Gasteiger partial charge in [0.05, 0.1) is 6.10 Å². The molecule has 0 saturated carbocycles. The van der Waals surface area contributed by atoms with Crippen LogP contribution in [0.25, 0.3) is 10.1 Å². The number of amides is 1. The number of benzene rings is 2. The number of rotatable bonds is 7. The van der Waals surface area contributed by atoms with Gasteiger partial charge in [-0.15, -0.1) is 11.3 Å². The molecule has 1 aromatic heterocycles. The molecule has 0 bridgehead atoms. The Bertz CT molecular complexity index is 849. The van der Waals surface area contributed by atoms with Crippen LogP contribution >= 0.6 is 11.3 Å². The highest BCUT2D eigenvalue weighted by Crippen LogP contribution is 2.31. The minimum absolute atomic E-state index is 0.193. The number of hydrogen-bond acceptors (Lipinski definition) is 5. The highest BCUT2D eigenvalue weighted by Gasteiger charge is 2.21. The van der Waals surface area contributed by atoms with E-state index in [-0.39, 0.29) is 19.6 Å². The van der Waals surface area contributed by atoms with Crippen LogP contribution in [0, 0.1) is 0 Å². The van der Waals surface area contributed by atoms with Gasteiger partial charge in [0, 0.05) is 16.8 Å². The second-order valence-electron chi connectivity index (χ2n) is 5.98. The van der Waals surface area contributed by atoms with Crippen LogP contribution in [0.15, 0.2) is 60.0 Å². The molecule has 3 rings (SSSR count). The zero-order chi connectivity index (χ0) is 18.4. The summed E-state index contributed by atoms with van der Waals surface area (Å²) in [7, 11) is 0. The molecule has 6 heteroatoms. The Hall–Kier alpha value is -2.41. The molecular formula is C20H21NO4S. The van der Waals surface area contributed by atoms with Crippen LogP contribution < -0.4 is 5.32 Å². The monoisotopic (exact) mass is 371 g/mol. The third-order valence-electron chi connectivity index (χ3n) is 4.11. The summed E-state index contributed by atoms with van der Waals surface area (Å²) in [5.74, 6) is 0. The quantitative estimate of drug-likeness (QED) is 0.593. The summed E-state index contributed by atoms with van der Waals surface area (Å²) < 4.78 is 6.08. The third kappa shape index (κ3) is 4.60. The average Bonchev–Trinajstić information content (AvgIpc) is 3.15. The molecule has 0 saturated heterocycles. The number of thiophene rings is 1. The molecule has 2 atom stereocenters. The van der Waals surface area contributed by atoms with Crippen molar-refractivity contribution in [1.82, 2.24) is 5.32 Å². The lowest BCUT2D eigenvalue weighted by molar-refractivity contribution is 0.0145. The number of aliphatic hydroxyl groups is 2. The van der Waals surface area contributed by atoms with Crippen LogP contribution in [0.5, 0.6) is 0 Å². The van der Waals surface area contributed by atoms with Gasteiger partial charge in [0.25, 0.3) is 0 Å². The van der Waals surface area contributed by atoms with Crippen molar-refractivity contribution in [3.63, 3.8) is 0 Å². The molecule has 3 N–H and O–H groups in total. The number of fused-ring (bicyclic) bond motifs is 1. The maximum Gasteiger partial charge on any atom is 0.407 e. The minimum atomic E-state index is -1.00. The number of aliphatic hydroxyl groups excluding tert-OH is 2. The topological polar surface area (TPSA) is 78.8 Å². The first-order valence-electron chi connectivity index (χ1n) is 8.42. The summed E-state index contributed by atoms with van der Waals surface area (Å²) in [6, 6.07) is 17.0. The molecule has 0 fully saturated rings. The minimum Gasteiger partial charge on any atom is -0.445 e. The number of nitrogens with one attached hydrogen (secondary N) is 1. The molecule has 2 aromatic carbocycles. The van der Waals surface area contributed by atoms with Gasteiger partial charge in [0.1, 0.15) is 12.7 Å². The zero-order valence-electron chi connectivity index (χ0n) is 14.2. The van der Waals surface area contributed by atoms with Crippen molar-refractivity contribution in [2.45, 2.75) is 25.2 Å². The van der Waals surface area contributed by atoms with Crippen LogP contribution in [0.4, 0.5) is 4.79 Å². The molecule has 136 valence electrons. The largest absolute Gasteiger partial charge is 0.445 e. The Morgan fingerprint density at radius 2 is 1.88 bits per heavy atom. The Kier molecular flexibility index (Phi) is 6.22. The third-order valence-corrected chi connectivity index (χ3v) is 5.09. The van der Waals surface area contributed by atoms with Crippen molar-refractivity contribution in [1.29, 1.82) is 0 Å². The molecule has 2 unspecified atom stereocenters. The van der Waals surface area contributed by atoms with Gasteiger partial charge in [-0.2, -0.15) is 0 Å². The molecule has 0 aliphatic rings. The van der Waals surface area contributed by atoms with Crippen molar-refractivity contribution >= 4 is 27.5 Å². The fourth-order valence-electron chi connectivity index (χ4n) is 2.71. The highest BCUT2D eigenvalue weighted by molar-refractivity contribution is 7.17. The Balaban J connectivity index is 1.45. The lowest BCUT2D eigenvalue weighted by Gasteiger charge is -2.19. The van der Waals surface area contributed by atoms with E-state index in [9.17, 15) is 15.0 Å². The molecule has 5 nitrogen and oxygen atoms in total. The summed E-state index contributed by atoms with van der Waals surface area (Å²) in [5.41, 5.74) is 1.61. The number of carbonyl (C=O) groups excluding carboxylic acids is 1. The van der Waals surface area contributed by atoms with E-state index in [1.165, 1.54) is 11.3 Å².